The van der Waals surface area contributed by atoms with E-state index in [-0.39, 0.29) is 5.56 Å². The van der Waals surface area contributed by atoms with Gasteiger partial charge in [0, 0.05) is 5.56 Å². The van der Waals surface area contributed by atoms with Crippen molar-refractivity contribution in [2.45, 2.75) is 12.5 Å². The minimum Gasteiger partial charge on any atom is -0.493 e. The lowest BCUT2D eigenvalue weighted by molar-refractivity contribution is -0.139. The van der Waals surface area contributed by atoms with Crippen LogP contribution >= 0.6 is 0 Å². The van der Waals surface area contributed by atoms with Crippen molar-refractivity contribution in [2.75, 3.05) is 7.11 Å². The van der Waals surface area contributed by atoms with Crippen LogP contribution in [0.2, 0.25) is 0 Å². The van der Waals surface area contributed by atoms with Gasteiger partial charge in [-0.1, -0.05) is 0 Å². The summed E-state index contributed by atoms with van der Waals surface area (Å²) in [5.74, 6) is -4.10. The second-order valence-electron chi connectivity index (χ2n) is 3.10. The van der Waals surface area contributed by atoms with Gasteiger partial charge < -0.3 is 14.9 Å². The fourth-order valence-electron chi connectivity index (χ4n) is 1.29. The van der Waals surface area contributed by atoms with Crippen LogP contribution in [0.1, 0.15) is 18.1 Å². The highest BCUT2D eigenvalue weighted by Gasteiger charge is 2.21. The second-order valence-corrected chi connectivity index (χ2v) is 3.10. The van der Waals surface area contributed by atoms with Gasteiger partial charge in [-0.05, 0) is 12.1 Å². The Labute approximate surface area is 90.1 Å². The van der Waals surface area contributed by atoms with Gasteiger partial charge in [0.15, 0.2) is 11.6 Å². The molecular weight excluding hydrogens is 222 g/mol. The van der Waals surface area contributed by atoms with E-state index < -0.39 is 35.9 Å². The highest BCUT2D eigenvalue weighted by atomic mass is 19.2. The van der Waals surface area contributed by atoms with Crippen LogP contribution in [-0.4, -0.2) is 23.3 Å². The van der Waals surface area contributed by atoms with Gasteiger partial charge in [0.1, 0.15) is 0 Å². The minimum absolute atomic E-state index is 0.0937. The molecule has 16 heavy (non-hydrogen) atoms. The Bertz CT molecular complexity index is 406. The van der Waals surface area contributed by atoms with Gasteiger partial charge in [-0.3, -0.25) is 4.79 Å². The SMILES string of the molecule is COc1c([C@@H](O)CC(=O)O)ccc(F)c1F. The average Bonchev–Trinajstić information content (AvgIpc) is 2.20. The van der Waals surface area contributed by atoms with Crippen LogP contribution in [0.25, 0.3) is 0 Å². The number of halogens is 2. The Morgan fingerprint density at radius 2 is 2.12 bits per heavy atom. The Kier molecular flexibility index (Phi) is 3.78. The number of aliphatic hydroxyl groups is 1. The molecule has 0 aliphatic heterocycles. The van der Waals surface area contributed by atoms with Gasteiger partial charge in [-0.15, -0.1) is 0 Å². The van der Waals surface area contributed by atoms with Gasteiger partial charge in [0.2, 0.25) is 5.82 Å². The van der Waals surface area contributed by atoms with E-state index in [1.807, 2.05) is 0 Å². The zero-order chi connectivity index (χ0) is 12.3. The normalized spacial score (nSPS) is 12.2. The first-order chi connectivity index (χ1) is 7.47. The van der Waals surface area contributed by atoms with Crippen LogP contribution < -0.4 is 4.74 Å². The Morgan fingerprint density at radius 1 is 1.50 bits per heavy atom. The predicted molar refractivity (Wildman–Crippen MR) is 50.1 cm³/mol. The first-order valence-corrected chi connectivity index (χ1v) is 4.39. The first kappa shape index (κ1) is 12.4. The van der Waals surface area contributed by atoms with E-state index in [4.69, 9.17) is 5.11 Å². The number of rotatable bonds is 4. The number of methoxy groups -OCH3 is 1. The van der Waals surface area contributed by atoms with E-state index in [0.29, 0.717) is 0 Å². The molecule has 1 aromatic rings. The molecule has 0 unspecified atom stereocenters. The molecule has 0 aromatic heterocycles. The predicted octanol–water partition coefficient (Wildman–Crippen LogP) is 1.48. The number of aliphatic carboxylic acids is 1. The van der Waals surface area contributed by atoms with Crippen molar-refractivity contribution in [3.05, 3.63) is 29.3 Å². The van der Waals surface area contributed by atoms with Crippen molar-refractivity contribution in [3.8, 4) is 5.75 Å². The van der Waals surface area contributed by atoms with Crippen molar-refractivity contribution in [2.24, 2.45) is 0 Å². The van der Waals surface area contributed by atoms with Crippen LogP contribution in [-0.2, 0) is 4.79 Å². The van der Waals surface area contributed by atoms with Crippen LogP contribution in [0, 0.1) is 11.6 Å². The number of hydrogen-bond donors (Lipinski definition) is 2. The summed E-state index contributed by atoms with van der Waals surface area (Å²) in [6, 6.07) is 1.89. The fraction of sp³-hybridized carbons (Fsp3) is 0.300. The monoisotopic (exact) mass is 232 g/mol. The maximum Gasteiger partial charge on any atom is 0.306 e. The molecule has 0 radical (unpaired) electrons. The lowest BCUT2D eigenvalue weighted by Crippen LogP contribution is -2.08. The topological polar surface area (TPSA) is 66.8 Å². The van der Waals surface area contributed by atoms with Crippen LogP contribution in [0.5, 0.6) is 5.75 Å². The summed E-state index contributed by atoms with van der Waals surface area (Å²) in [7, 11) is 1.11. The third-order valence-electron chi connectivity index (χ3n) is 2.01. The van der Waals surface area contributed by atoms with E-state index >= 15 is 0 Å². The number of carboxylic acids is 1. The largest absolute Gasteiger partial charge is 0.493 e. The highest BCUT2D eigenvalue weighted by molar-refractivity contribution is 5.68. The molecule has 4 nitrogen and oxygen atoms in total. The number of carbonyl (C=O) groups is 1. The molecule has 88 valence electrons. The lowest BCUT2D eigenvalue weighted by Gasteiger charge is -2.13. The minimum atomic E-state index is -1.44. The van der Waals surface area contributed by atoms with E-state index in [9.17, 15) is 18.7 Å². The summed E-state index contributed by atoms with van der Waals surface area (Å²) in [4.78, 5) is 10.4. The molecule has 1 atom stereocenters. The molecule has 0 saturated heterocycles. The molecule has 0 bridgehead atoms. The van der Waals surface area contributed by atoms with Crippen LogP contribution in [0.3, 0.4) is 0 Å². The lowest BCUT2D eigenvalue weighted by atomic mass is 10.1. The van der Waals surface area contributed by atoms with Gasteiger partial charge in [-0.25, -0.2) is 4.39 Å². The maximum absolute atomic E-state index is 13.2. The van der Waals surface area contributed by atoms with Crippen LogP contribution in [0.4, 0.5) is 8.78 Å². The summed E-state index contributed by atoms with van der Waals surface area (Å²) in [5, 5.41) is 17.9. The maximum atomic E-state index is 13.2. The summed E-state index contributed by atoms with van der Waals surface area (Å²) in [5.41, 5.74) is -0.0937. The molecule has 0 heterocycles. The van der Waals surface area contributed by atoms with Crippen molar-refractivity contribution >= 4 is 5.97 Å². The summed E-state index contributed by atoms with van der Waals surface area (Å²) >= 11 is 0. The summed E-state index contributed by atoms with van der Waals surface area (Å²) < 4.78 is 30.6. The third kappa shape index (κ3) is 2.46. The number of ether oxygens (including phenoxy) is 1. The first-order valence-electron chi connectivity index (χ1n) is 4.39. The van der Waals surface area contributed by atoms with E-state index in [0.717, 1.165) is 19.2 Å². The number of carboxylic acid groups (broad SMARTS) is 1. The fourth-order valence-corrected chi connectivity index (χ4v) is 1.29. The molecule has 0 aliphatic carbocycles. The molecular formula is C10H10F2O4. The molecule has 0 saturated carbocycles. The quantitative estimate of drug-likeness (QED) is 0.825. The molecule has 0 fully saturated rings. The Hall–Kier alpha value is -1.69. The zero-order valence-corrected chi connectivity index (χ0v) is 8.41. The Morgan fingerprint density at radius 3 is 2.62 bits per heavy atom. The standard InChI is InChI=1S/C10H10F2O4/c1-16-10-5(7(13)4-8(14)15)2-3-6(11)9(10)12/h2-3,7,13H,4H2,1H3,(H,14,15)/t7-/m0/s1. The number of hydrogen-bond acceptors (Lipinski definition) is 3. The van der Waals surface area contributed by atoms with Crippen molar-refractivity contribution in [3.63, 3.8) is 0 Å². The molecule has 0 amide bonds. The average molecular weight is 232 g/mol. The molecule has 1 rings (SSSR count). The molecule has 0 spiro atoms. The van der Waals surface area contributed by atoms with Gasteiger partial charge >= 0.3 is 5.97 Å². The van der Waals surface area contributed by atoms with E-state index in [2.05, 4.69) is 4.74 Å². The number of benzene rings is 1. The molecule has 1 aromatic carbocycles. The van der Waals surface area contributed by atoms with Gasteiger partial charge in [0.25, 0.3) is 0 Å². The van der Waals surface area contributed by atoms with E-state index in [1.54, 1.807) is 0 Å². The summed E-state index contributed by atoms with van der Waals surface area (Å²) in [6.45, 7) is 0. The molecule has 6 heteroatoms. The van der Waals surface area contributed by atoms with Crippen LogP contribution in [0.15, 0.2) is 12.1 Å². The van der Waals surface area contributed by atoms with Crippen molar-refractivity contribution in [1.82, 2.24) is 0 Å². The molecule has 0 aliphatic rings. The molecule has 2 N–H and O–H groups in total. The third-order valence-corrected chi connectivity index (χ3v) is 2.01. The highest BCUT2D eigenvalue weighted by Crippen LogP contribution is 2.31. The van der Waals surface area contributed by atoms with Gasteiger partial charge in [-0.2, -0.15) is 4.39 Å². The van der Waals surface area contributed by atoms with Crippen molar-refractivity contribution < 1.29 is 28.5 Å². The zero-order valence-electron chi connectivity index (χ0n) is 8.41. The smallest absolute Gasteiger partial charge is 0.306 e. The summed E-state index contributed by atoms with van der Waals surface area (Å²) in [6.07, 6.45) is -2.05. The second kappa shape index (κ2) is 4.89. The Balaban J connectivity index is 3.13. The number of aliphatic hydroxyl groups excluding tert-OH is 1. The van der Waals surface area contributed by atoms with E-state index in [1.165, 1.54) is 0 Å². The van der Waals surface area contributed by atoms with Crippen molar-refractivity contribution in [1.29, 1.82) is 0 Å². The van der Waals surface area contributed by atoms with Gasteiger partial charge in [0.05, 0.1) is 19.6 Å².